The molecule has 0 aromatic heterocycles. The highest BCUT2D eigenvalue weighted by Crippen LogP contribution is 2.23. The van der Waals surface area contributed by atoms with Crippen LogP contribution in [0.1, 0.15) is 41.0 Å². The van der Waals surface area contributed by atoms with Crippen molar-refractivity contribution in [3.63, 3.8) is 0 Å². The minimum Gasteiger partial charge on any atom is -0.465 e. The van der Waals surface area contributed by atoms with Gasteiger partial charge in [-0.25, -0.2) is 4.79 Å². The average Bonchev–Trinajstić information content (AvgIpc) is 1.99. The average molecular weight is 212 g/mol. The third kappa shape index (κ3) is 3.78. The van der Waals surface area contributed by atoms with Crippen molar-refractivity contribution in [3.8, 4) is 6.07 Å². The molecule has 86 valence electrons. The largest absolute Gasteiger partial charge is 0.465 e. The summed E-state index contributed by atoms with van der Waals surface area (Å²) >= 11 is 0. The monoisotopic (exact) mass is 212 g/mol. The molecule has 0 aliphatic heterocycles. The topological polar surface area (TPSA) is 64.3 Å². The lowest BCUT2D eigenvalue weighted by Crippen LogP contribution is -2.52. The summed E-state index contributed by atoms with van der Waals surface area (Å²) in [5.74, 6) is 0.139. The quantitative estimate of drug-likeness (QED) is 0.782. The summed E-state index contributed by atoms with van der Waals surface area (Å²) in [4.78, 5) is 12.6. The van der Waals surface area contributed by atoms with Gasteiger partial charge in [0.1, 0.15) is 0 Å². The molecule has 0 heterocycles. The summed E-state index contributed by atoms with van der Waals surface area (Å²) in [6.07, 6.45) is -0.724. The van der Waals surface area contributed by atoms with Crippen LogP contribution in [-0.2, 0) is 0 Å². The van der Waals surface area contributed by atoms with Crippen LogP contribution in [0.5, 0.6) is 0 Å². The Bertz CT molecular complexity index is 261. The molecule has 0 fully saturated rings. The second kappa shape index (κ2) is 5.01. The first-order valence-corrected chi connectivity index (χ1v) is 5.11. The van der Waals surface area contributed by atoms with E-state index >= 15 is 0 Å². The van der Waals surface area contributed by atoms with E-state index in [2.05, 4.69) is 6.07 Å². The van der Waals surface area contributed by atoms with Crippen LogP contribution in [0, 0.1) is 17.2 Å². The van der Waals surface area contributed by atoms with Gasteiger partial charge in [-0.3, -0.25) is 4.90 Å². The number of carbonyl (C=O) groups is 1. The van der Waals surface area contributed by atoms with E-state index in [0.29, 0.717) is 0 Å². The van der Waals surface area contributed by atoms with Gasteiger partial charge in [0, 0.05) is 5.54 Å². The van der Waals surface area contributed by atoms with Crippen LogP contribution in [0.4, 0.5) is 4.79 Å². The summed E-state index contributed by atoms with van der Waals surface area (Å²) in [6.45, 7) is 9.39. The van der Waals surface area contributed by atoms with Crippen molar-refractivity contribution in [1.82, 2.24) is 4.90 Å². The van der Waals surface area contributed by atoms with E-state index in [1.165, 1.54) is 4.90 Å². The molecule has 0 rings (SSSR count). The van der Waals surface area contributed by atoms with Crippen molar-refractivity contribution in [1.29, 1.82) is 5.26 Å². The Morgan fingerprint density at radius 1 is 1.47 bits per heavy atom. The number of nitrogens with zero attached hydrogens (tertiary/aromatic N) is 2. The van der Waals surface area contributed by atoms with E-state index < -0.39 is 11.6 Å². The number of hydrogen-bond donors (Lipinski definition) is 1. The third-order valence-electron chi connectivity index (χ3n) is 2.33. The van der Waals surface area contributed by atoms with Gasteiger partial charge >= 0.3 is 6.09 Å². The van der Waals surface area contributed by atoms with Gasteiger partial charge in [-0.15, -0.1) is 0 Å². The second-order valence-electron chi connectivity index (χ2n) is 5.00. The fourth-order valence-corrected chi connectivity index (χ4v) is 1.64. The molecule has 0 unspecified atom stereocenters. The number of rotatable bonds is 3. The highest BCUT2D eigenvalue weighted by Gasteiger charge is 2.34. The molecule has 1 amide bonds. The second-order valence-corrected chi connectivity index (χ2v) is 5.00. The van der Waals surface area contributed by atoms with Crippen LogP contribution >= 0.6 is 0 Å². The highest BCUT2D eigenvalue weighted by molar-refractivity contribution is 5.66. The molecule has 0 saturated heterocycles. The predicted molar refractivity (Wildman–Crippen MR) is 58.5 cm³/mol. The van der Waals surface area contributed by atoms with Crippen LogP contribution in [0.2, 0.25) is 0 Å². The van der Waals surface area contributed by atoms with E-state index in [-0.39, 0.29) is 18.4 Å². The number of carboxylic acid groups (broad SMARTS) is 1. The minimum atomic E-state index is -0.962. The molecule has 0 aromatic carbocycles. The van der Waals surface area contributed by atoms with Gasteiger partial charge in [-0.1, -0.05) is 13.8 Å². The van der Waals surface area contributed by atoms with Gasteiger partial charge in [0.15, 0.2) is 0 Å². The molecule has 4 nitrogen and oxygen atoms in total. The summed E-state index contributed by atoms with van der Waals surface area (Å²) in [5, 5.41) is 17.9. The first-order valence-electron chi connectivity index (χ1n) is 5.11. The van der Waals surface area contributed by atoms with E-state index in [1.807, 2.05) is 34.6 Å². The fourth-order valence-electron chi connectivity index (χ4n) is 1.64. The van der Waals surface area contributed by atoms with Crippen LogP contribution in [0.25, 0.3) is 0 Å². The zero-order valence-electron chi connectivity index (χ0n) is 10.1. The number of amides is 1. The molecule has 0 bridgehead atoms. The maximum atomic E-state index is 11.2. The lowest BCUT2D eigenvalue weighted by molar-refractivity contribution is 0.0557. The van der Waals surface area contributed by atoms with Crippen LogP contribution < -0.4 is 0 Å². The maximum Gasteiger partial charge on any atom is 0.408 e. The summed E-state index contributed by atoms with van der Waals surface area (Å²) in [5.41, 5.74) is -0.475. The Labute approximate surface area is 91.5 Å². The smallest absolute Gasteiger partial charge is 0.408 e. The summed E-state index contributed by atoms with van der Waals surface area (Å²) in [6, 6.07) is 1.81. The van der Waals surface area contributed by atoms with E-state index in [0.717, 1.165) is 0 Å². The molecule has 1 atom stereocenters. The van der Waals surface area contributed by atoms with E-state index in [4.69, 9.17) is 5.26 Å². The first kappa shape index (κ1) is 13.8. The van der Waals surface area contributed by atoms with E-state index in [1.54, 1.807) is 0 Å². The van der Waals surface area contributed by atoms with Gasteiger partial charge in [-0.05, 0) is 26.7 Å². The molecular formula is C11H20N2O2. The normalized spacial score (nSPS) is 13.4. The Hall–Kier alpha value is -1.24. The van der Waals surface area contributed by atoms with Crippen molar-refractivity contribution in [3.05, 3.63) is 0 Å². The van der Waals surface area contributed by atoms with Crippen molar-refractivity contribution in [2.24, 2.45) is 5.92 Å². The number of nitriles is 1. The summed E-state index contributed by atoms with van der Waals surface area (Å²) < 4.78 is 0. The molecule has 4 heteroatoms. The SMILES string of the molecule is CC(C)[C@@H](CC#N)N(C(=O)O)C(C)(C)C. The molecular weight excluding hydrogens is 192 g/mol. The lowest BCUT2D eigenvalue weighted by Gasteiger charge is -2.40. The highest BCUT2D eigenvalue weighted by atomic mass is 16.4. The molecule has 0 spiro atoms. The zero-order chi connectivity index (χ0) is 12.2. The van der Waals surface area contributed by atoms with Crippen molar-refractivity contribution < 1.29 is 9.90 Å². The zero-order valence-corrected chi connectivity index (χ0v) is 10.1. The Balaban J connectivity index is 5.04. The predicted octanol–water partition coefficient (Wildman–Crippen LogP) is 2.70. The molecule has 1 N–H and O–H groups in total. The van der Waals surface area contributed by atoms with Gasteiger partial charge in [-0.2, -0.15) is 5.26 Å². The molecule has 0 aliphatic rings. The van der Waals surface area contributed by atoms with Crippen LogP contribution in [-0.4, -0.2) is 27.7 Å². The first-order chi connectivity index (χ1) is 6.71. The molecule has 15 heavy (non-hydrogen) atoms. The van der Waals surface area contributed by atoms with Crippen LogP contribution in [0.15, 0.2) is 0 Å². The third-order valence-corrected chi connectivity index (χ3v) is 2.33. The fraction of sp³-hybridized carbons (Fsp3) is 0.818. The minimum absolute atomic E-state index is 0.139. The molecule has 0 aromatic rings. The van der Waals surface area contributed by atoms with Gasteiger partial charge in [0.05, 0.1) is 18.5 Å². The Morgan fingerprint density at radius 2 is 1.93 bits per heavy atom. The van der Waals surface area contributed by atoms with Crippen molar-refractivity contribution >= 4 is 6.09 Å². The Kier molecular flexibility index (Phi) is 4.60. The Morgan fingerprint density at radius 3 is 2.13 bits per heavy atom. The molecule has 0 radical (unpaired) electrons. The van der Waals surface area contributed by atoms with Crippen molar-refractivity contribution in [2.75, 3.05) is 0 Å². The lowest BCUT2D eigenvalue weighted by atomic mass is 9.94. The summed E-state index contributed by atoms with van der Waals surface area (Å²) in [7, 11) is 0. The molecule has 0 saturated carbocycles. The molecule has 0 aliphatic carbocycles. The van der Waals surface area contributed by atoms with Gasteiger partial charge < -0.3 is 5.11 Å². The number of hydrogen-bond acceptors (Lipinski definition) is 2. The van der Waals surface area contributed by atoms with Crippen LogP contribution in [0.3, 0.4) is 0 Å². The standard InChI is InChI=1S/C11H20N2O2/c1-8(2)9(6-7-12)13(10(14)15)11(3,4)5/h8-9H,6H2,1-5H3,(H,14,15)/t9-/m1/s1. The van der Waals surface area contributed by atoms with E-state index in [9.17, 15) is 9.90 Å². The van der Waals surface area contributed by atoms with Crippen molar-refractivity contribution in [2.45, 2.75) is 52.6 Å². The maximum absolute atomic E-state index is 11.2. The van der Waals surface area contributed by atoms with Gasteiger partial charge in [0.25, 0.3) is 0 Å². The van der Waals surface area contributed by atoms with Gasteiger partial charge in [0.2, 0.25) is 0 Å².